The van der Waals surface area contributed by atoms with Gasteiger partial charge >= 0.3 is 5.97 Å². The van der Waals surface area contributed by atoms with Crippen molar-refractivity contribution in [1.82, 2.24) is 0 Å². The van der Waals surface area contributed by atoms with E-state index in [-0.39, 0.29) is 28.6 Å². The van der Waals surface area contributed by atoms with E-state index >= 15 is 0 Å². The highest BCUT2D eigenvalue weighted by atomic mass is 32.2. The Labute approximate surface area is 108 Å². The van der Waals surface area contributed by atoms with Crippen LogP contribution in [0.3, 0.4) is 0 Å². The zero-order valence-corrected chi connectivity index (χ0v) is 10.9. The van der Waals surface area contributed by atoms with Gasteiger partial charge in [-0.1, -0.05) is 0 Å². The molecule has 0 N–H and O–H groups in total. The third kappa shape index (κ3) is 4.03. The zero-order chi connectivity index (χ0) is 13.5. The molecule has 0 heterocycles. The molecule has 0 saturated heterocycles. The van der Waals surface area contributed by atoms with Crippen LogP contribution in [0.25, 0.3) is 0 Å². The Balaban J connectivity index is 2.56. The molecule has 0 aliphatic heterocycles. The second-order valence-corrected chi connectivity index (χ2v) is 4.33. The standard InChI is InChI=1S/C12H13FO4S/c1-16-11-4-3-8(5-9(11)13)10(14)6-18-7-12(15)17-2/h3-5H,6-7H2,1-2H3. The number of hydrogen-bond acceptors (Lipinski definition) is 5. The van der Waals surface area contributed by atoms with Crippen LogP contribution in [0.4, 0.5) is 4.39 Å². The van der Waals surface area contributed by atoms with E-state index in [0.29, 0.717) is 0 Å². The number of ether oxygens (including phenoxy) is 2. The van der Waals surface area contributed by atoms with Crippen LogP contribution < -0.4 is 4.74 Å². The summed E-state index contributed by atoms with van der Waals surface area (Å²) in [6.07, 6.45) is 0. The van der Waals surface area contributed by atoms with Gasteiger partial charge < -0.3 is 9.47 Å². The minimum absolute atomic E-state index is 0.0914. The number of methoxy groups -OCH3 is 2. The molecule has 98 valence electrons. The van der Waals surface area contributed by atoms with Crippen LogP contribution in [-0.4, -0.2) is 37.5 Å². The van der Waals surface area contributed by atoms with Gasteiger partial charge in [-0.2, -0.15) is 0 Å². The quantitative estimate of drug-likeness (QED) is 0.585. The van der Waals surface area contributed by atoms with Crippen molar-refractivity contribution in [1.29, 1.82) is 0 Å². The van der Waals surface area contributed by atoms with E-state index in [1.54, 1.807) is 0 Å². The van der Waals surface area contributed by atoms with Gasteiger partial charge in [-0.15, -0.1) is 11.8 Å². The molecule has 4 nitrogen and oxygen atoms in total. The molecule has 1 rings (SSSR count). The topological polar surface area (TPSA) is 52.6 Å². The Morgan fingerprint density at radius 2 is 2.00 bits per heavy atom. The molecule has 1 aromatic rings. The lowest BCUT2D eigenvalue weighted by Crippen LogP contribution is -2.08. The fourth-order valence-corrected chi connectivity index (χ4v) is 1.95. The molecular formula is C12H13FO4S. The van der Waals surface area contributed by atoms with Crippen LogP contribution in [0.15, 0.2) is 18.2 Å². The first kappa shape index (κ1) is 14.5. The highest BCUT2D eigenvalue weighted by Crippen LogP contribution is 2.18. The monoisotopic (exact) mass is 272 g/mol. The summed E-state index contributed by atoms with van der Waals surface area (Å²) >= 11 is 1.13. The molecule has 0 radical (unpaired) electrons. The van der Waals surface area contributed by atoms with Gasteiger partial charge in [-0.05, 0) is 18.2 Å². The average Bonchev–Trinajstić information content (AvgIpc) is 2.38. The second-order valence-electron chi connectivity index (χ2n) is 3.34. The minimum atomic E-state index is -0.582. The maximum atomic E-state index is 13.4. The number of rotatable bonds is 6. The van der Waals surface area contributed by atoms with Gasteiger partial charge in [0.05, 0.1) is 25.7 Å². The smallest absolute Gasteiger partial charge is 0.315 e. The number of ketones is 1. The van der Waals surface area contributed by atoms with Crippen LogP contribution in [-0.2, 0) is 9.53 Å². The summed E-state index contributed by atoms with van der Waals surface area (Å²) in [7, 11) is 2.63. The normalized spacial score (nSPS) is 9.94. The van der Waals surface area contributed by atoms with Crippen molar-refractivity contribution in [2.24, 2.45) is 0 Å². The largest absolute Gasteiger partial charge is 0.494 e. The van der Waals surface area contributed by atoms with Crippen molar-refractivity contribution >= 4 is 23.5 Å². The molecule has 6 heteroatoms. The van der Waals surface area contributed by atoms with Crippen molar-refractivity contribution in [3.63, 3.8) is 0 Å². The number of carbonyl (C=O) groups excluding carboxylic acids is 2. The highest BCUT2D eigenvalue weighted by Gasteiger charge is 2.11. The predicted octanol–water partition coefficient (Wildman–Crippen LogP) is 1.92. The number of benzene rings is 1. The van der Waals surface area contributed by atoms with Gasteiger partial charge in [0.25, 0.3) is 0 Å². The van der Waals surface area contributed by atoms with Gasteiger partial charge in [0.1, 0.15) is 0 Å². The summed E-state index contributed by atoms with van der Waals surface area (Å²) < 4.78 is 22.6. The second kappa shape index (κ2) is 7.00. The molecule has 0 fully saturated rings. The van der Waals surface area contributed by atoms with Gasteiger partial charge in [0, 0.05) is 5.56 Å². The van der Waals surface area contributed by atoms with E-state index in [4.69, 9.17) is 4.74 Å². The SMILES string of the molecule is COC(=O)CSCC(=O)c1ccc(OC)c(F)c1. The third-order valence-electron chi connectivity index (χ3n) is 2.15. The molecule has 0 aliphatic carbocycles. The van der Waals surface area contributed by atoms with Crippen LogP contribution in [0.2, 0.25) is 0 Å². The lowest BCUT2D eigenvalue weighted by molar-refractivity contribution is -0.137. The zero-order valence-electron chi connectivity index (χ0n) is 10.1. The average molecular weight is 272 g/mol. The van der Waals surface area contributed by atoms with E-state index in [1.165, 1.54) is 26.4 Å². The Hall–Kier alpha value is -1.56. The van der Waals surface area contributed by atoms with Crippen LogP contribution >= 0.6 is 11.8 Å². The van der Waals surface area contributed by atoms with Gasteiger partial charge in [0.2, 0.25) is 0 Å². The van der Waals surface area contributed by atoms with Crippen molar-refractivity contribution in [2.75, 3.05) is 25.7 Å². The molecule has 0 atom stereocenters. The number of halogens is 1. The maximum absolute atomic E-state index is 13.4. The highest BCUT2D eigenvalue weighted by molar-refractivity contribution is 8.00. The number of esters is 1. The molecule has 1 aromatic carbocycles. The fourth-order valence-electron chi connectivity index (χ4n) is 1.21. The summed E-state index contributed by atoms with van der Waals surface area (Å²) in [5, 5.41) is 0. The number of hydrogen-bond donors (Lipinski definition) is 0. The molecule has 18 heavy (non-hydrogen) atoms. The van der Waals surface area contributed by atoms with Crippen LogP contribution in [0, 0.1) is 5.82 Å². The lowest BCUT2D eigenvalue weighted by atomic mass is 10.1. The van der Waals surface area contributed by atoms with Crippen molar-refractivity contribution in [3.8, 4) is 5.75 Å². The van der Waals surface area contributed by atoms with E-state index in [0.717, 1.165) is 17.8 Å². The first-order valence-corrected chi connectivity index (χ1v) is 6.25. The molecular weight excluding hydrogens is 259 g/mol. The molecule has 0 aromatic heterocycles. The Kier molecular flexibility index (Phi) is 5.64. The molecule has 0 bridgehead atoms. The lowest BCUT2D eigenvalue weighted by Gasteiger charge is -2.04. The van der Waals surface area contributed by atoms with E-state index < -0.39 is 11.8 Å². The Bertz CT molecular complexity index is 448. The molecule has 0 spiro atoms. The number of thioether (sulfide) groups is 1. The summed E-state index contributed by atoms with van der Waals surface area (Å²) in [5.41, 5.74) is 0.255. The summed E-state index contributed by atoms with van der Waals surface area (Å²) in [4.78, 5) is 22.5. The molecule has 0 amide bonds. The maximum Gasteiger partial charge on any atom is 0.315 e. The van der Waals surface area contributed by atoms with Crippen molar-refractivity contribution in [2.45, 2.75) is 0 Å². The van der Waals surface area contributed by atoms with Crippen molar-refractivity contribution in [3.05, 3.63) is 29.6 Å². The van der Waals surface area contributed by atoms with Gasteiger partial charge in [0.15, 0.2) is 17.3 Å². The Morgan fingerprint density at radius 3 is 2.56 bits per heavy atom. The van der Waals surface area contributed by atoms with Crippen LogP contribution in [0.5, 0.6) is 5.75 Å². The number of Topliss-reactive ketones (excluding diaryl/α,β-unsaturated/α-hetero) is 1. The van der Waals surface area contributed by atoms with Crippen molar-refractivity contribution < 1.29 is 23.5 Å². The van der Waals surface area contributed by atoms with E-state index in [1.807, 2.05) is 0 Å². The fraction of sp³-hybridized carbons (Fsp3) is 0.333. The first-order chi connectivity index (χ1) is 8.58. The van der Waals surface area contributed by atoms with Gasteiger partial charge in [-0.25, -0.2) is 4.39 Å². The number of carbonyl (C=O) groups is 2. The molecule has 0 unspecified atom stereocenters. The van der Waals surface area contributed by atoms with Crippen LogP contribution in [0.1, 0.15) is 10.4 Å². The first-order valence-electron chi connectivity index (χ1n) is 5.09. The summed E-state index contributed by atoms with van der Waals surface area (Å²) in [6, 6.07) is 4.01. The molecule has 0 saturated carbocycles. The Morgan fingerprint density at radius 1 is 1.28 bits per heavy atom. The molecule has 0 aliphatic rings. The predicted molar refractivity (Wildman–Crippen MR) is 66.6 cm³/mol. The minimum Gasteiger partial charge on any atom is -0.494 e. The van der Waals surface area contributed by atoms with Gasteiger partial charge in [-0.3, -0.25) is 9.59 Å². The summed E-state index contributed by atoms with van der Waals surface area (Å²) in [5.74, 6) is -0.934. The van der Waals surface area contributed by atoms with E-state index in [9.17, 15) is 14.0 Å². The van der Waals surface area contributed by atoms with E-state index in [2.05, 4.69) is 4.74 Å². The third-order valence-corrected chi connectivity index (χ3v) is 3.06. The summed E-state index contributed by atoms with van der Waals surface area (Å²) in [6.45, 7) is 0.